The summed E-state index contributed by atoms with van der Waals surface area (Å²) in [6.45, 7) is 0. The van der Waals surface area contributed by atoms with Crippen molar-refractivity contribution in [2.45, 2.75) is 0 Å². The highest BCUT2D eigenvalue weighted by Gasteiger charge is 2.19. The number of rotatable bonds is 6. The zero-order valence-corrected chi connectivity index (χ0v) is 27.1. The van der Waals surface area contributed by atoms with Gasteiger partial charge in [0.05, 0.1) is 5.69 Å². The van der Waals surface area contributed by atoms with Gasteiger partial charge in [0.2, 0.25) is 0 Å². The molecule has 0 fully saturated rings. The number of benzene rings is 8. The molecular weight excluding hydrogens is 599 g/mol. The Morgan fingerprint density at radius 3 is 1.40 bits per heavy atom. The van der Waals surface area contributed by atoms with Gasteiger partial charge in [0.25, 0.3) is 0 Å². The normalized spacial score (nSPS) is 11.3. The van der Waals surface area contributed by atoms with Crippen LogP contribution in [0.25, 0.3) is 64.3 Å². The molecule has 2 heteroatoms. The van der Waals surface area contributed by atoms with E-state index in [0.717, 1.165) is 11.4 Å². The second-order valence-electron chi connectivity index (χ2n) is 12.1. The summed E-state index contributed by atoms with van der Waals surface area (Å²) < 4.78 is 2.60. The van der Waals surface area contributed by atoms with Crippen LogP contribution in [0.2, 0.25) is 0 Å². The minimum atomic E-state index is 1.12. The summed E-state index contributed by atoms with van der Waals surface area (Å²) in [6, 6.07) is 68.1. The Morgan fingerprint density at radius 2 is 0.771 bits per heavy atom. The number of hydrogen-bond donors (Lipinski definition) is 0. The van der Waals surface area contributed by atoms with Gasteiger partial charge in [0.1, 0.15) is 0 Å². The molecule has 48 heavy (non-hydrogen) atoms. The maximum Gasteiger partial charge on any atom is 0.0554 e. The van der Waals surface area contributed by atoms with Gasteiger partial charge in [-0.05, 0) is 86.6 Å². The van der Waals surface area contributed by atoms with Crippen molar-refractivity contribution in [1.82, 2.24) is 0 Å². The molecule has 0 aliphatic rings. The van der Waals surface area contributed by atoms with Crippen LogP contribution in [0.15, 0.2) is 188 Å². The van der Waals surface area contributed by atoms with Crippen molar-refractivity contribution in [3.8, 4) is 33.4 Å². The van der Waals surface area contributed by atoms with E-state index in [1.54, 1.807) is 0 Å². The molecular formula is C46H31NS. The first-order valence-electron chi connectivity index (χ1n) is 16.4. The molecule has 0 aliphatic heterocycles. The Hall–Kier alpha value is -5.96. The molecule has 226 valence electrons. The first-order valence-corrected chi connectivity index (χ1v) is 17.2. The zero-order chi connectivity index (χ0) is 31.9. The summed E-state index contributed by atoms with van der Waals surface area (Å²) in [5.41, 5.74) is 10.8. The number of fused-ring (bicyclic) bond motifs is 4. The fraction of sp³-hybridized carbons (Fsp3) is 0. The molecule has 0 amide bonds. The summed E-state index contributed by atoms with van der Waals surface area (Å²) in [6.07, 6.45) is 0. The number of thiophene rings is 1. The summed E-state index contributed by atoms with van der Waals surface area (Å²) in [5.74, 6) is 0. The molecule has 0 spiro atoms. The van der Waals surface area contributed by atoms with E-state index in [1.165, 1.54) is 70.0 Å². The lowest BCUT2D eigenvalue weighted by molar-refractivity contribution is 1.30. The molecule has 0 aliphatic carbocycles. The van der Waals surface area contributed by atoms with Crippen LogP contribution in [0.4, 0.5) is 17.1 Å². The van der Waals surface area contributed by atoms with Gasteiger partial charge in [-0.2, -0.15) is 0 Å². The third kappa shape index (κ3) is 4.95. The van der Waals surface area contributed by atoms with Gasteiger partial charge in [0, 0.05) is 31.5 Å². The molecule has 0 atom stereocenters. The molecule has 0 unspecified atom stereocenters. The Morgan fingerprint density at radius 1 is 0.312 bits per heavy atom. The van der Waals surface area contributed by atoms with Crippen molar-refractivity contribution in [3.63, 3.8) is 0 Å². The maximum absolute atomic E-state index is 2.41. The summed E-state index contributed by atoms with van der Waals surface area (Å²) in [7, 11) is 0. The third-order valence-electron chi connectivity index (χ3n) is 9.30. The second-order valence-corrected chi connectivity index (χ2v) is 13.2. The molecule has 0 bridgehead atoms. The topological polar surface area (TPSA) is 3.24 Å². The van der Waals surface area contributed by atoms with Crippen molar-refractivity contribution in [2.24, 2.45) is 0 Å². The third-order valence-corrected chi connectivity index (χ3v) is 10.4. The van der Waals surface area contributed by atoms with E-state index in [1.807, 2.05) is 11.3 Å². The fourth-order valence-electron chi connectivity index (χ4n) is 7.01. The SMILES string of the molecule is c1ccc(-c2ccc(N(c3ccc(-c4ccc(-c5ccccc5)c5ccccc45)cc3)c3cccc4sc5ccccc5c34)cc2)cc1. The quantitative estimate of drug-likeness (QED) is 0.177. The van der Waals surface area contributed by atoms with Gasteiger partial charge in [0.15, 0.2) is 0 Å². The van der Waals surface area contributed by atoms with E-state index in [9.17, 15) is 0 Å². The molecule has 0 radical (unpaired) electrons. The van der Waals surface area contributed by atoms with Crippen LogP contribution < -0.4 is 4.90 Å². The van der Waals surface area contributed by atoms with Gasteiger partial charge < -0.3 is 4.90 Å². The molecule has 1 aromatic heterocycles. The van der Waals surface area contributed by atoms with Crippen molar-refractivity contribution in [3.05, 3.63) is 188 Å². The predicted octanol–water partition coefficient (Wildman–Crippen LogP) is 13.7. The second kappa shape index (κ2) is 12.0. The first kappa shape index (κ1) is 28.3. The van der Waals surface area contributed by atoms with Gasteiger partial charge in [-0.15, -0.1) is 11.3 Å². The fourth-order valence-corrected chi connectivity index (χ4v) is 8.14. The summed E-state index contributed by atoms with van der Waals surface area (Å²) in [4.78, 5) is 2.41. The summed E-state index contributed by atoms with van der Waals surface area (Å²) in [5, 5.41) is 5.10. The Bertz CT molecular complexity index is 2530. The monoisotopic (exact) mass is 629 g/mol. The van der Waals surface area contributed by atoms with Crippen LogP contribution in [-0.2, 0) is 0 Å². The highest BCUT2D eigenvalue weighted by Crippen LogP contribution is 2.45. The lowest BCUT2D eigenvalue weighted by atomic mass is 9.92. The van der Waals surface area contributed by atoms with Crippen LogP contribution in [-0.4, -0.2) is 0 Å². The standard InChI is InChI=1S/C46H31NS/c1-3-12-32(13-4-1)33-22-26-36(27-23-33)47(43-19-11-21-45-46(43)42-18-9-10-20-44(42)48-45)37-28-24-35(25-29-37)39-31-30-38(34-14-5-2-6-15-34)40-16-7-8-17-41(39)40/h1-31H. The largest absolute Gasteiger partial charge is 0.310 e. The lowest BCUT2D eigenvalue weighted by Gasteiger charge is -2.27. The van der Waals surface area contributed by atoms with Crippen molar-refractivity contribution >= 4 is 59.3 Å². The van der Waals surface area contributed by atoms with E-state index in [4.69, 9.17) is 0 Å². The molecule has 1 heterocycles. The lowest BCUT2D eigenvalue weighted by Crippen LogP contribution is -2.10. The van der Waals surface area contributed by atoms with Crippen LogP contribution in [0.5, 0.6) is 0 Å². The smallest absolute Gasteiger partial charge is 0.0554 e. The van der Waals surface area contributed by atoms with E-state index in [-0.39, 0.29) is 0 Å². The van der Waals surface area contributed by atoms with Gasteiger partial charge in [-0.3, -0.25) is 0 Å². The Balaban J connectivity index is 1.18. The Labute approximate surface area is 284 Å². The van der Waals surface area contributed by atoms with Gasteiger partial charge in [-0.1, -0.05) is 146 Å². The van der Waals surface area contributed by atoms with Crippen LogP contribution >= 0.6 is 11.3 Å². The molecule has 9 rings (SSSR count). The van der Waals surface area contributed by atoms with E-state index in [2.05, 4.69) is 193 Å². The average molecular weight is 630 g/mol. The van der Waals surface area contributed by atoms with Gasteiger partial charge >= 0.3 is 0 Å². The highest BCUT2D eigenvalue weighted by molar-refractivity contribution is 7.26. The highest BCUT2D eigenvalue weighted by atomic mass is 32.1. The number of anilines is 3. The van der Waals surface area contributed by atoms with E-state index >= 15 is 0 Å². The zero-order valence-electron chi connectivity index (χ0n) is 26.3. The molecule has 1 nitrogen and oxygen atoms in total. The molecule has 9 aromatic rings. The molecule has 8 aromatic carbocycles. The van der Waals surface area contributed by atoms with Crippen LogP contribution in [0, 0.1) is 0 Å². The number of hydrogen-bond acceptors (Lipinski definition) is 2. The minimum absolute atomic E-state index is 1.12. The predicted molar refractivity (Wildman–Crippen MR) is 208 cm³/mol. The van der Waals surface area contributed by atoms with Crippen LogP contribution in [0.1, 0.15) is 0 Å². The first-order chi connectivity index (χ1) is 23.8. The van der Waals surface area contributed by atoms with Gasteiger partial charge in [-0.25, -0.2) is 0 Å². The number of nitrogens with zero attached hydrogens (tertiary/aromatic N) is 1. The van der Waals surface area contributed by atoms with E-state index < -0.39 is 0 Å². The summed E-state index contributed by atoms with van der Waals surface area (Å²) >= 11 is 1.86. The minimum Gasteiger partial charge on any atom is -0.310 e. The van der Waals surface area contributed by atoms with Crippen molar-refractivity contribution in [2.75, 3.05) is 4.90 Å². The average Bonchev–Trinajstić information content (AvgIpc) is 3.55. The Kier molecular flexibility index (Phi) is 7.07. The molecule has 0 N–H and O–H groups in total. The van der Waals surface area contributed by atoms with Crippen molar-refractivity contribution < 1.29 is 0 Å². The maximum atomic E-state index is 2.41. The van der Waals surface area contributed by atoms with Crippen molar-refractivity contribution in [1.29, 1.82) is 0 Å². The van der Waals surface area contributed by atoms with Crippen LogP contribution in [0.3, 0.4) is 0 Å². The molecule has 0 saturated carbocycles. The van der Waals surface area contributed by atoms with E-state index in [0.29, 0.717) is 0 Å². The molecule has 0 saturated heterocycles.